The molecule has 0 unspecified atom stereocenters. The first-order valence-corrected chi connectivity index (χ1v) is 10.7. The number of anilines is 1. The van der Waals surface area contributed by atoms with Gasteiger partial charge in [0.2, 0.25) is 0 Å². The molecule has 0 aliphatic heterocycles. The molecule has 4 rings (SSSR count). The molecule has 2 aromatic carbocycles. The Hall–Kier alpha value is -3.04. The average Bonchev–Trinajstić information content (AvgIpc) is 3.13. The summed E-state index contributed by atoms with van der Waals surface area (Å²) in [7, 11) is 0. The maximum absolute atomic E-state index is 12.3. The summed E-state index contributed by atoms with van der Waals surface area (Å²) in [6.07, 6.45) is 0.633. The minimum Gasteiger partial charge on any atom is -0.504 e. The van der Waals surface area contributed by atoms with Crippen molar-refractivity contribution in [1.29, 1.82) is 0 Å². The van der Waals surface area contributed by atoms with Gasteiger partial charge < -0.3 is 20.5 Å². The van der Waals surface area contributed by atoms with Crippen LogP contribution in [0.4, 0.5) is 5.13 Å². The lowest BCUT2D eigenvalue weighted by Gasteiger charge is -2.04. The van der Waals surface area contributed by atoms with Gasteiger partial charge in [-0.05, 0) is 29.7 Å². The van der Waals surface area contributed by atoms with Crippen LogP contribution in [-0.2, 0) is 12.2 Å². The Kier molecular flexibility index (Phi) is 5.68. The third-order valence-electron chi connectivity index (χ3n) is 4.20. The monoisotopic (exact) mass is 426 g/mol. The molecule has 0 aliphatic carbocycles. The van der Waals surface area contributed by atoms with Gasteiger partial charge in [0.15, 0.2) is 27.4 Å². The van der Waals surface area contributed by atoms with Gasteiger partial charge in [-0.2, -0.15) is 4.98 Å². The van der Waals surface area contributed by atoms with E-state index in [0.717, 1.165) is 11.1 Å². The number of nitrogens with one attached hydrogen (secondary N) is 2. The number of aromatic nitrogens is 3. The summed E-state index contributed by atoms with van der Waals surface area (Å²) in [5.41, 5.74) is 2.27. The fourth-order valence-electron chi connectivity index (χ4n) is 2.73. The van der Waals surface area contributed by atoms with Crippen LogP contribution in [0.5, 0.6) is 11.5 Å². The summed E-state index contributed by atoms with van der Waals surface area (Å²) < 4.78 is 0.485. The standard InChI is InChI=1S/C20H18N4O3S2/c25-14-7-6-12(10-15(14)26)8-9-21-19-22-17-16(29-19)18(27)24-20(23-17)28-11-13-4-2-1-3-5-13/h1-7,10,25-26H,8-9,11H2,(H2,21,22,23,24,27). The van der Waals surface area contributed by atoms with E-state index < -0.39 is 0 Å². The van der Waals surface area contributed by atoms with E-state index in [0.29, 0.717) is 39.4 Å². The van der Waals surface area contributed by atoms with Gasteiger partial charge in [-0.15, -0.1) is 0 Å². The summed E-state index contributed by atoms with van der Waals surface area (Å²) in [5.74, 6) is 0.434. The maximum Gasteiger partial charge on any atom is 0.293 e. The van der Waals surface area contributed by atoms with Crippen molar-refractivity contribution in [3.8, 4) is 11.5 Å². The third kappa shape index (κ3) is 4.69. The molecule has 0 saturated heterocycles. The molecule has 148 valence electrons. The molecule has 29 heavy (non-hydrogen) atoms. The number of aromatic amines is 1. The summed E-state index contributed by atoms with van der Waals surface area (Å²) in [4.78, 5) is 24.0. The molecule has 0 radical (unpaired) electrons. The number of thioether (sulfide) groups is 1. The van der Waals surface area contributed by atoms with E-state index in [9.17, 15) is 15.0 Å². The summed E-state index contributed by atoms with van der Waals surface area (Å²) >= 11 is 2.72. The van der Waals surface area contributed by atoms with Crippen molar-refractivity contribution in [2.24, 2.45) is 0 Å². The topological polar surface area (TPSA) is 111 Å². The van der Waals surface area contributed by atoms with Crippen molar-refractivity contribution in [3.05, 3.63) is 70.0 Å². The Morgan fingerprint density at radius 1 is 1.03 bits per heavy atom. The fourth-order valence-corrected chi connectivity index (χ4v) is 4.37. The number of phenolic OH excluding ortho intramolecular Hbond substituents is 2. The maximum atomic E-state index is 12.3. The minimum absolute atomic E-state index is 0.139. The van der Waals surface area contributed by atoms with Crippen molar-refractivity contribution in [3.63, 3.8) is 0 Å². The van der Waals surface area contributed by atoms with Crippen molar-refractivity contribution in [2.45, 2.75) is 17.3 Å². The zero-order valence-corrected chi connectivity index (χ0v) is 16.9. The molecule has 4 N–H and O–H groups in total. The number of aromatic hydroxyl groups is 2. The number of nitrogens with zero attached hydrogens (tertiary/aromatic N) is 2. The second-order valence-corrected chi connectivity index (χ2v) is 8.28. The predicted molar refractivity (Wildman–Crippen MR) is 116 cm³/mol. The van der Waals surface area contributed by atoms with Gasteiger partial charge in [-0.1, -0.05) is 59.5 Å². The van der Waals surface area contributed by atoms with Gasteiger partial charge in [0.1, 0.15) is 4.70 Å². The molecule has 7 nitrogen and oxygen atoms in total. The van der Waals surface area contributed by atoms with Crippen LogP contribution >= 0.6 is 23.1 Å². The molecule has 0 aliphatic rings. The van der Waals surface area contributed by atoms with E-state index in [4.69, 9.17) is 0 Å². The molecule has 0 spiro atoms. The van der Waals surface area contributed by atoms with Crippen LogP contribution in [0.15, 0.2) is 58.5 Å². The first-order valence-electron chi connectivity index (χ1n) is 8.91. The van der Waals surface area contributed by atoms with Gasteiger partial charge >= 0.3 is 0 Å². The molecule has 2 heterocycles. The van der Waals surface area contributed by atoms with Gasteiger partial charge in [0.25, 0.3) is 5.56 Å². The highest BCUT2D eigenvalue weighted by atomic mass is 32.2. The predicted octanol–water partition coefficient (Wildman–Crippen LogP) is 3.74. The zero-order valence-electron chi connectivity index (χ0n) is 15.3. The highest BCUT2D eigenvalue weighted by molar-refractivity contribution is 7.98. The lowest BCUT2D eigenvalue weighted by Crippen LogP contribution is -2.07. The van der Waals surface area contributed by atoms with Crippen LogP contribution in [0.25, 0.3) is 10.3 Å². The molecule has 2 aromatic heterocycles. The normalized spacial score (nSPS) is 11.0. The average molecular weight is 427 g/mol. The van der Waals surface area contributed by atoms with E-state index >= 15 is 0 Å². The first kappa shape index (κ1) is 19.3. The molecule has 9 heteroatoms. The molecule has 0 amide bonds. The molecule has 0 bridgehead atoms. The SMILES string of the molecule is O=c1nc(SCc2ccccc2)[nH]c2nc(NCCc3ccc(O)c(O)c3)sc12. The molecule has 0 saturated carbocycles. The van der Waals surface area contributed by atoms with E-state index in [1.807, 2.05) is 30.3 Å². The quantitative estimate of drug-likeness (QED) is 0.202. The molecular formula is C20H18N4O3S2. The van der Waals surface area contributed by atoms with Crippen LogP contribution in [0.3, 0.4) is 0 Å². The van der Waals surface area contributed by atoms with Gasteiger partial charge in [0, 0.05) is 12.3 Å². The molecular weight excluding hydrogens is 408 g/mol. The second-order valence-electron chi connectivity index (χ2n) is 6.32. The Balaban J connectivity index is 1.42. The highest BCUT2D eigenvalue weighted by Gasteiger charge is 2.11. The second kappa shape index (κ2) is 8.54. The number of H-pyrrole nitrogens is 1. The first-order chi connectivity index (χ1) is 14.1. The Labute approximate surface area is 174 Å². The van der Waals surface area contributed by atoms with Crippen molar-refractivity contribution < 1.29 is 10.2 Å². The van der Waals surface area contributed by atoms with Gasteiger partial charge in [-0.25, -0.2) is 4.98 Å². The lowest BCUT2D eigenvalue weighted by molar-refractivity contribution is 0.403. The Morgan fingerprint density at radius 2 is 1.86 bits per heavy atom. The van der Waals surface area contributed by atoms with E-state index in [1.165, 1.54) is 35.2 Å². The summed E-state index contributed by atoms with van der Waals surface area (Å²) in [5, 5.41) is 23.3. The van der Waals surface area contributed by atoms with E-state index in [-0.39, 0.29) is 17.1 Å². The summed E-state index contributed by atoms with van der Waals surface area (Å²) in [6.45, 7) is 0.571. The number of fused-ring (bicyclic) bond motifs is 1. The van der Waals surface area contributed by atoms with Crippen LogP contribution < -0.4 is 10.9 Å². The molecule has 0 atom stereocenters. The number of benzene rings is 2. The minimum atomic E-state index is -0.289. The van der Waals surface area contributed by atoms with Crippen LogP contribution in [0, 0.1) is 0 Å². The van der Waals surface area contributed by atoms with Crippen molar-refractivity contribution in [2.75, 3.05) is 11.9 Å². The van der Waals surface area contributed by atoms with Gasteiger partial charge in [0.05, 0.1) is 0 Å². The molecule has 0 fully saturated rings. The smallest absolute Gasteiger partial charge is 0.293 e. The van der Waals surface area contributed by atoms with Gasteiger partial charge in [-0.3, -0.25) is 4.79 Å². The summed E-state index contributed by atoms with van der Waals surface area (Å²) in [6, 6.07) is 14.7. The largest absolute Gasteiger partial charge is 0.504 e. The number of phenols is 2. The number of hydrogen-bond acceptors (Lipinski definition) is 8. The molecule has 4 aromatic rings. The number of thiazole rings is 1. The van der Waals surface area contributed by atoms with Crippen molar-refractivity contribution in [1.82, 2.24) is 15.0 Å². The number of rotatable bonds is 7. The van der Waals surface area contributed by atoms with E-state index in [2.05, 4.69) is 20.3 Å². The van der Waals surface area contributed by atoms with Crippen LogP contribution in [0.1, 0.15) is 11.1 Å². The van der Waals surface area contributed by atoms with E-state index in [1.54, 1.807) is 6.07 Å². The van der Waals surface area contributed by atoms with Crippen LogP contribution in [-0.4, -0.2) is 31.7 Å². The zero-order chi connectivity index (χ0) is 20.2. The Bertz CT molecular complexity index is 1190. The fraction of sp³-hybridized carbons (Fsp3) is 0.150. The van der Waals surface area contributed by atoms with Crippen molar-refractivity contribution >= 4 is 38.6 Å². The van der Waals surface area contributed by atoms with Crippen LogP contribution in [0.2, 0.25) is 0 Å². The lowest BCUT2D eigenvalue weighted by atomic mass is 10.1. The third-order valence-corrected chi connectivity index (χ3v) is 6.14. The number of hydrogen-bond donors (Lipinski definition) is 4. The Morgan fingerprint density at radius 3 is 2.66 bits per heavy atom. The highest BCUT2D eigenvalue weighted by Crippen LogP contribution is 2.26.